The van der Waals surface area contributed by atoms with Crippen molar-refractivity contribution in [3.63, 3.8) is 0 Å². The molecule has 0 aliphatic carbocycles. The third kappa shape index (κ3) is 5.68. The van der Waals surface area contributed by atoms with E-state index in [0.29, 0.717) is 12.2 Å². The van der Waals surface area contributed by atoms with E-state index in [9.17, 15) is 14.7 Å². The van der Waals surface area contributed by atoms with Crippen LogP contribution >= 0.6 is 0 Å². The van der Waals surface area contributed by atoms with Gasteiger partial charge in [-0.05, 0) is 13.0 Å². The number of hydrogen-bond acceptors (Lipinski definition) is 4. The van der Waals surface area contributed by atoms with Crippen LogP contribution in [0.1, 0.15) is 18.9 Å². The smallest absolute Gasteiger partial charge is 0.309 e. The van der Waals surface area contributed by atoms with Crippen LogP contribution in [-0.4, -0.2) is 23.5 Å². The minimum atomic E-state index is -0.386. The van der Waals surface area contributed by atoms with Gasteiger partial charge in [-0.3, -0.25) is 9.59 Å². The Bertz CT molecular complexity index is 486. The summed E-state index contributed by atoms with van der Waals surface area (Å²) >= 11 is 0. The standard InChI is InChI=1S/C15H16O4/c1-2-19-15(18)10-6-9-13(16)11-14(17)12-7-4-3-5-8-12/h3-9,11,17H,2,10H2,1H3/b9-6+,14-11-. The number of benzene rings is 1. The van der Waals surface area contributed by atoms with Gasteiger partial charge in [-0.2, -0.15) is 0 Å². The summed E-state index contributed by atoms with van der Waals surface area (Å²) in [5, 5.41) is 9.70. The van der Waals surface area contributed by atoms with Gasteiger partial charge in [-0.25, -0.2) is 0 Å². The molecule has 0 radical (unpaired) electrons. The van der Waals surface area contributed by atoms with Gasteiger partial charge in [0.2, 0.25) is 0 Å². The number of esters is 1. The van der Waals surface area contributed by atoms with E-state index < -0.39 is 0 Å². The molecule has 0 fully saturated rings. The van der Waals surface area contributed by atoms with Crippen molar-refractivity contribution >= 4 is 17.5 Å². The maximum absolute atomic E-state index is 11.5. The number of carbonyl (C=O) groups excluding carboxylic acids is 2. The summed E-state index contributed by atoms with van der Waals surface area (Å²) in [5.74, 6) is -0.875. The first-order valence-corrected chi connectivity index (χ1v) is 5.95. The lowest BCUT2D eigenvalue weighted by molar-refractivity contribution is -0.142. The molecule has 0 aliphatic rings. The van der Waals surface area contributed by atoms with Gasteiger partial charge in [0.1, 0.15) is 5.76 Å². The van der Waals surface area contributed by atoms with Crippen molar-refractivity contribution in [1.82, 2.24) is 0 Å². The van der Waals surface area contributed by atoms with Crippen molar-refractivity contribution in [1.29, 1.82) is 0 Å². The summed E-state index contributed by atoms with van der Waals surface area (Å²) in [5.41, 5.74) is 0.564. The van der Waals surface area contributed by atoms with Gasteiger partial charge < -0.3 is 9.84 Å². The zero-order valence-electron chi connectivity index (χ0n) is 10.7. The lowest BCUT2D eigenvalue weighted by Crippen LogP contribution is -2.01. The molecule has 0 saturated heterocycles. The highest BCUT2D eigenvalue weighted by atomic mass is 16.5. The van der Waals surface area contributed by atoms with E-state index in [1.54, 1.807) is 31.2 Å². The lowest BCUT2D eigenvalue weighted by atomic mass is 10.1. The van der Waals surface area contributed by atoms with E-state index in [0.717, 1.165) is 6.08 Å². The fourth-order valence-electron chi connectivity index (χ4n) is 1.37. The molecule has 0 saturated carbocycles. The van der Waals surface area contributed by atoms with Crippen LogP contribution in [0.15, 0.2) is 48.6 Å². The minimum Gasteiger partial charge on any atom is -0.507 e. The third-order valence-electron chi connectivity index (χ3n) is 2.22. The highest BCUT2D eigenvalue weighted by Crippen LogP contribution is 2.10. The highest BCUT2D eigenvalue weighted by molar-refractivity contribution is 6.03. The average Bonchev–Trinajstić information content (AvgIpc) is 2.40. The Morgan fingerprint density at radius 3 is 2.58 bits per heavy atom. The van der Waals surface area contributed by atoms with Gasteiger partial charge in [0.15, 0.2) is 5.78 Å². The first kappa shape index (κ1) is 14.7. The Hall–Kier alpha value is -2.36. The summed E-state index contributed by atoms with van der Waals surface area (Å²) in [4.78, 5) is 22.5. The monoisotopic (exact) mass is 260 g/mol. The lowest BCUT2D eigenvalue weighted by Gasteiger charge is -1.98. The van der Waals surface area contributed by atoms with E-state index in [4.69, 9.17) is 4.74 Å². The fraction of sp³-hybridized carbons (Fsp3) is 0.200. The molecule has 4 heteroatoms. The summed E-state index contributed by atoms with van der Waals surface area (Å²) in [7, 11) is 0. The van der Waals surface area contributed by atoms with Crippen molar-refractivity contribution < 1.29 is 19.4 Å². The van der Waals surface area contributed by atoms with Crippen LogP contribution < -0.4 is 0 Å². The molecular formula is C15H16O4. The molecule has 100 valence electrons. The SMILES string of the molecule is CCOC(=O)C/C=C/C(=O)/C=C(\O)c1ccccc1. The summed E-state index contributed by atoms with van der Waals surface area (Å²) < 4.78 is 4.71. The molecule has 0 bridgehead atoms. The van der Waals surface area contributed by atoms with Crippen LogP contribution in [0.4, 0.5) is 0 Å². The molecule has 0 amide bonds. The first-order valence-electron chi connectivity index (χ1n) is 5.95. The molecule has 0 spiro atoms. The van der Waals surface area contributed by atoms with Crippen LogP contribution in [0.3, 0.4) is 0 Å². The topological polar surface area (TPSA) is 63.6 Å². The summed E-state index contributed by atoms with van der Waals surface area (Å²) in [6, 6.07) is 8.74. The fourth-order valence-corrected chi connectivity index (χ4v) is 1.37. The summed E-state index contributed by atoms with van der Waals surface area (Å²) in [6.07, 6.45) is 3.79. The Morgan fingerprint density at radius 1 is 1.26 bits per heavy atom. The largest absolute Gasteiger partial charge is 0.507 e. The van der Waals surface area contributed by atoms with E-state index in [1.165, 1.54) is 12.2 Å². The van der Waals surface area contributed by atoms with E-state index in [2.05, 4.69) is 0 Å². The van der Waals surface area contributed by atoms with Crippen molar-refractivity contribution in [2.24, 2.45) is 0 Å². The van der Waals surface area contributed by atoms with Gasteiger partial charge in [0, 0.05) is 11.6 Å². The summed E-state index contributed by atoms with van der Waals surface area (Å²) in [6.45, 7) is 2.03. The number of ether oxygens (including phenoxy) is 1. The third-order valence-corrected chi connectivity index (χ3v) is 2.22. The maximum atomic E-state index is 11.5. The zero-order valence-corrected chi connectivity index (χ0v) is 10.7. The number of allylic oxidation sites excluding steroid dienone is 2. The highest BCUT2D eigenvalue weighted by Gasteiger charge is 2.01. The number of carbonyl (C=O) groups is 2. The Morgan fingerprint density at radius 2 is 1.95 bits per heavy atom. The van der Waals surface area contributed by atoms with Gasteiger partial charge in [-0.1, -0.05) is 36.4 Å². The molecular weight excluding hydrogens is 244 g/mol. The molecule has 0 aromatic heterocycles. The molecule has 1 N–H and O–H groups in total. The second-order valence-electron chi connectivity index (χ2n) is 3.71. The van der Waals surface area contributed by atoms with Gasteiger partial charge in [0.25, 0.3) is 0 Å². The molecule has 0 atom stereocenters. The molecule has 0 aliphatic heterocycles. The normalized spacial score (nSPS) is 11.5. The van der Waals surface area contributed by atoms with Gasteiger partial charge in [0.05, 0.1) is 13.0 Å². The predicted octanol–water partition coefficient (Wildman–Crippen LogP) is 2.66. The van der Waals surface area contributed by atoms with Crippen LogP contribution in [0.5, 0.6) is 0 Å². The van der Waals surface area contributed by atoms with Crippen LogP contribution in [0.2, 0.25) is 0 Å². The van der Waals surface area contributed by atoms with Crippen molar-refractivity contribution in [2.45, 2.75) is 13.3 Å². The molecule has 0 heterocycles. The number of hydrogen-bond donors (Lipinski definition) is 1. The van der Waals surface area contributed by atoms with Crippen molar-refractivity contribution in [3.8, 4) is 0 Å². The van der Waals surface area contributed by atoms with Gasteiger partial charge >= 0.3 is 5.97 Å². The number of ketones is 1. The van der Waals surface area contributed by atoms with Crippen molar-refractivity contribution in [3.05, 3.63) is 54.1 Å². The average molecular weight is 260 g/mol. The van der Waals surface area contributed by atoms with Crippen LogP contribution in [-0.2, 0) is 14.3 Å². The Labute approximate surface area is 112 Å². The van der Waals surface area contributed by atoms with E-state index >= 15 is 0 Å². The van der Waals surface area contributed by atoms with Crippen LogP contribution in [0, 0.1) is 0 Å². The van der Waals surface area contributed by atoms with E-state index in [-0.39, 0.29) is 23.9 Å². The molecule has 1 aromatic carbocycles. The zero-order chi connectivity index (χ0) is 14.1. The second kappa shape index (κ2) is 7.87. The van der Waals surface area contributed by atoms with Crippen LogP contribution in [0.25, 0.3) is 5.76 Å². The number of aliphatic hydroxyl groups excluding tert-OH is 1. The molecule has 1 aromatic rings. The van der Waals surface area contributed by atoms with E-state index in [1.807, 2.05) is 6.07 Å². The Kier molecular flexibility index (Phi) is 6.09. The molecule has 1 rings (SSSR count). The Balaban J connectivity index is 2.55. The maximum Gasteiger partial charge on any atom is 0.309 e. The quantitative estimate of drug-likeness (QED) is 0.485. The second-order valence-corrected chi connectivity index (χ2v) is 3.71. The number of aliphatic hydroxyl groups is 1. The van der Waals surface area contributed by atoms with Crippen molar-refractivity contribution in [2.75, 3.05) is 6.61 Å². The molecule has 4 nitrogen and oxygen atoms in total. The predicted molar refractivity (Wildman–Crippen MR) is 72.4 cm³/mol. The van der Waals surface area contributed by atoms with Gasteiger partial charge in [-0.15, -0.1) is 0 Å². The number of rotatable bonds is 6. The first-order chi connectivity index (χ1) is 9.13. The molecule has 19 heavy (non-hydrogen) atoms. The minimum absolute atomic E-state index is 0.0412. The molecule has 0 unspecified atom stereocenters.